The van der Waals surface area contributed by atoms with E-state index in [4.69, 9.17) is 0 Å². The minimum Gasteiger partial charge on any atom is -0.872 e. The topological polar surface area (TPSA) is 23.1 Å². The fourth-order valence-corrected chi connectivity index (χ4v) is 2.74. The first kappa shape index (κ1) is 23.2. The Morgan fingerprint density at radius 3 is 1.50 bits per heavy atom. The Morgan fingerprint density at radius 2 is 1.15 bits per heavy atom. The van der Waals surface area contributed by atoms with Gasteiger partial charge in [-0.3, -0.25) is 0 Å². The van der Waals surface area contributed by atoms with Gasteiger partial charge in [0, 0.05) is 0 Å². The molecule has 0 fully saturated rings. The molecule has 0 aliphatic carbocycles. The average Bonchev–Trinajstić information content (AvgIpc) is 2.49. The number of allylic oxidation sites excluding steroid dienone is 1. The van der Waals surface area contributed by atoms with Gasteiger partial charge < -0.3 is 5.11 Å². The van der Waals surface area contributed by atoms with E-state index in [0.717, 1.165) is 12.1 Å². The van der Waals surface area contributed by atoms with Crippen LogP contribution in [0.5, 0.6) is 5.75 Å². The summed E-state index contributed by atoms with van der Waals surface area (Å²) in [6.07, 6.45) is -9.51. The van der Waals surface area contributed by atoms with Crippen molar-refractivity contribution in [3.63, 3.8) is 0 Å². The summed E-state index contributed by atoms with van der Waals surface area (Å²) in [6.45, 7) is 3.47. The van der Waals surface area contributed by atoms with Crippen LogP contribution < -0.4 is 56.5 Å². The summed E-state index contributed by atoms with van der Waals surface area (Å²) in [5.41, 5.74) is -5.70. The molecular weight excluding hydrogens is 385 g/mol. The monoisotopic (exact) mass is 398 g/mol. The Labute approximate surface area is 189 Å². The molecule has 2 aromatic rings. The second-order valence-corrected chi connectivity index (χ2v) is 5.46. The van der Waals surface area contributed by atoms with Crippen molar-refractivity contribution in [1.29, 1.82) is 0 Å². The number of rotatable bonds is 4. The van der Waals surface area contributed by atoms with Crippen molar-refractivity contribution >= 4 is 0 Å². The van der Waals surface area contributed by atoms with Crippen molar-refractivity contribution in [3.05, 3.63) is 77.9 Å². The van der Waals surface area contributed by atoms with Gasteiger partial charge in [0.15, 0.2) is 0 Å². The van der Waals surface area contributed by atoms with Crippen LogP contribution in [0.4, 0.5) is 26.3 Å². The molecule has 2 aromatic carbocycles. The van der Waals surface area contributed by atoms with Crippen LogP contribution in [0.1, 0.15) is 16.7 Å². The zero-order valence-electron chi connectivity index (χ0n) is 13.8. The molecule has 0 bridgehead atoms. The third-order valence-electron chi connectivity index (χ3n) is 3.90. The van der Waals surface area contributed by atoms with Crippen molar-refractivity contribution in [2.45, 2.75) is 24.2 Å². The Balaban J connectivity index is 0.00000338. The molecule has 8 heteroatoms. The predicted octanol–water partition coefficient (Wildman–Crippen LogP) is 1.90. The number of benzene rings is 2. The summed E-state index contributed by atoms with van der Waals surface area (Å²) in [5.74, 6) is -0.677. The first-order chi connectivity index (χ1) is 11.5. The number of halogens is 6. The van der Waals surface area contributed by atoms with E-state index in [1.54, 1.807) is 0 Å². The number of hydrogen-bond acceptors (Lipinski definition) is 1. The van der Waals surface area contributed by atoms with Gasteiger partial charge in [0.25, 0.3) is 0 Å². The molecule has 0 amide bonds. The second kappa shape index (κ2) is 8.47. The van der Waals surface area contributed by atoms with E-state index in [1.807, 2.05) is 0 Å². The molecule has 26 heavy (non-hydrogen) atoms. The molecule has 0 saturated heterocycles. The fraction of sp³-hybridized carbons (Fsp3) is 0.222. The maximum atomic E-state index is 13.8. The van der Waals surface area contributed by atoms with E-state index < -0.39 is 34.6 Å². The standard InChI is InChI=1S/C18H14F6O.K/c1-2-3-12-4-6-13(7-5-12)16(17(19,20)21,18(22,23)24)14-8-10-15(25)11-9-14;/h2,4-11,25H,1,3H2;/q;+1/p-1. The van der Waals surface area contributed by atoms with Crippen molar-refractivity contribution in [2.24, 2.45) is 0 Å². The minimum absolute atomic E-state index is 0. The molecule has 0 spiro atoms. The molecular formula is C18H13F6KO. The largest absolute Gasteiger partial charge is 1.00 e. The van der Waals surface area contributed by atoms with Gasteiger partial charge in [0.2, 0.25) is 5.41 Å². The summed E-state index contributed by atoms with van der Waals surface area (Å²) >= 11 is 0. The van der Waals surface area contributed by atoms with E-state index in [1.165, 1.54) is 18.2 Å². The van der Waals surface area contributed by atoms with E-state index in [0.29, 0.717) is 36.2 Å². The first-order valence-corrected chi connectivity index (χ1v) is 7.15. The van der Waals surface area contributed by atoms with Crippen LogP contribution in [-0.2, 0) is 11.8 Å². The van der Waals surface area contributed by atoms with Crippen LogP contribution >= 0.6 is 0 Å². The van der Waals surface area contributed by atoms with E-state index >= 15 is 0 Å². The zero-order chi connectivity index (χ0) is 18.9. The molecule has 0 aromatic heterocycles. The molecule has 0 atom stereocenters. The van der Waals surface area contributed by atoms with Crippen LogP contribution in [0.25, 0.3) is 0 Å². The average molecular weight is 398 g/mol. The Bertz CT molecular complexity index is 718. The molecule has 134 valence electrons. The Morgan fingerprint density at radius 1 is 0.769 bits per heavy atom. The van der Waals surface area contributed by atoms with Gasteiger partial charge in [0.05, 0.1) is 0 Å². The Hall–Kier alpha value is -0.804. The van der Waals surface area contributed by atoms with Crippen molar-refractivity contribution in [2.75, 3.05) is 0 Å². The minimum atomic E-state index is -5.66. The fourth-order valence-electron chi connectivity index (χ4n) is 2.74. The molecule has 0 unspecified atom stereocenters. The molecule has 0 aliphatic rings. The SMILES string of the molecule is C=CCc1ccc(C(c2ccc([O-])cc2)(C(F)(F)F)C(F)(F)F)cc1.[K+]. The van der Waals surface area contributed by atoms with Crippen LogP contribution in [0.2, 0.25) is 0 Å². The summed E-state index contributed by atoms with van der Waals surface area (Å²) < 4.78 is 82.7. The van der Waals surface area contributed by atoms with E-state index in [9.17, 15) is 31.4 Å². The van der Waals surface area contributed by atoms with Crippen LogP contribution in [0, 0.1) is 0 Å². The van der Waals surface area contributed by atoms with E-state index in [2.05, 4.69) is 6.58 Å². The van der Waals surface area contributed by atoms with Crippen molar-refractivity contribution in [1.82, 2.24) is 0 Å². The maximum Gasteiger partial charge on any atom is 1.00 e. The summed E-state index contributed by atoms with van der Waals surface area (Å²) in [4.78, 5) is 0. The summed E-state index contributed by atoms with van der Waals surface area (Å²) in [6, 6.07) is 6.54. The maximum absolute atomic E-state index is 13.8. The van der Waals surface area contributed by atoms with Crippen LogP contribution in [0.15, 0.2) is 61.2 Å². The zero-order valence-corrected chi connectivity index (χ0v) is 16.9. The quantitative estimate of drug-likeness (QED) is 0.438. The predicted molar refractivity (Wildman–Crippen MR) is 79.1 cm³/mol. The van der Waals surface area contributed by atoms with E-state index in [-0.39, 0.29) is 51.4 Å². The van der Waals surface area contributed by atoms with Crippen molar-refractivity contribution in [3.8, 4) is 5.75 Å². The van der Waals surface area contributed by atoms with Crippen LogP contribution in [-0.4, -0.2) is 12.4 Å². The smallest absolute Gasteiger partial charge is 0.872 e. The normalized spacial score (nSPS) is 12.4. The molecule has 0 saturated carbocycles. The summed E-state index contributed by atoms with van der Waals surface area (Å²) in [5, 5.41) is 11.1. The molecule has 0 radical (unpaired) electrons. The molecule has 2 rings (SSSR count). The summed E-state index contributed by atoms with van der Waals surface area (Å²) in [7, 11) is 0. The number of hydrogen-bond donors (Lipinski definition) is 0. The van der Waals surface area contributed by atoms with Gasteiger partial charge in [-0.2, -0.15) is 26.3 Å². The van der Waals surface area contributed by atoms with Gasteiger partial charge >= 0.3 is 63.7 Å². The number of alkyl halides is 6. The van der Waals surface area contributed by atoms with Gasteiger partial charge in [-0.05, 0) is 23.1 Å². The molecule has 1 nitrogen and oxygen atoms in total. The third kappa shape index (κ3) is 4.19. The van der Waals surface area contributed by atoms with Gasteiger partial charge in [-0.1, -0.05) is 54.6 Å². The van der Waals surface area contributed by atoms with Gasteiger partial charge in [0.1, 0.15) is 0 Å². The second-order valence-electron chi connectivity index (χ2n) is 5.46. The Kier molecular flexibility index (Phi) is 7.57. The van der Waals surface area contributed by atoms with Crippen LogP contribution in [0.3, 0.4) is 0 Å². The molecule has 0 N–H and O–H groups in total. The first-order valence-electron chi connectivity index (χ1n) is 7.15. The molecule has 0 aliphatic heterocycles. The third-order valence-corrected chi connectivity index (χ3v) is 3.90. The van der Waals surface area contributed by atoms with Crippen molar-refractivity contribution < 1.29 is 82.8 Å². The van der Waals surface area contributed by atoms with Gasteiger partial charge in [-0.15, -0.1) is 12.3 Å². The molecule has 0 heterocycles. The van der Waals surface area contributed by atoms with Gasteiger partial charge in [-0.25, -0.2) is 0 Å².